The monoisotopic (exact) mass is 382 g/mol. The van der Waals surface area contributed by atoms with Gasteiger partial charge in [0.1, 0.15) is 12.4 Å². The van der Waals surface area contributed by atoms with Crippen LogP contribution in [0.15, 0.2) is 24.3 Å². The van der Waals surface area contributed by atoms with Gasteiger partial charge in [-0.05, 0) is 30.0 Å². The van der Waals surface area contributed by atoms with E-state index < -0.39 is 0 Å². The number of hydrogen-bond donors (Lipinski definition) is 2. The topological polar surface area (TPSA) is 126 Å². The van der Waals surface area contributed by atoms with Crippen LogP contribution in [0.1, 0.15) is 34.8 Å². The fourth-order valence-electron chi connectivity index (χ4n) is 3.62. The minimum atomic E-state index is -0.115. The number of hydrogen-bond acceptors (Lipinski definition) is 7. The van der Waals surface area contributed by atoms with Crippen LogP contribution in [0.2, 0.25) is 0 Å². The van der Waals surface area contributed by atoms with E-state index in [0.29, 0.717) is 41.8 Å². The lowest BCUT2D eigenvalue weighted by Crippen LogP contribution is -2.39. The summed E-state index contributed by atoms with van der Waals surface area (Å²) in [6.45, 7) is 1.26. The first-order chi connectivity index (χ1) is 13.7. The van der Waals surface area contributed by atoms with Crippen molar-refractivity contribution in [2.24, 2.45) is 13.0 Å². The molecule has 1 fully saturated rings. The summed E-state index contributed by atoms with van der Waals surface area (Å²) in [7, 11) is 1.87. The second kappa shape index (κ2) is 7.85. The zero-order chi connectivity index (χ0) is 19.5. The summed E-state index contributed by atoms with van der Waals surface area (Å²) in [4.78, 5) is 14.9. The molecule has 2 aromatic heterocycles. The maximum Gasteiger partial charge on any atom is 0.254 e. The second-order valence-corrected chi connectivity index (χ2v) is 6.97. The Hall–Kier alpha value is -3.14. The van der Waals surface area contributed by atoms with Crippen LogP contribution >= 0.6 is 0 Å². The fourth-order valence-corrected chi connectivity index (χ4v) is 3.62. The van der Waals surface area contributed by atoms with Crippen molar-refractivity contribution in [3.05, 3.63) is 41.5 Å². The highest BCUT2D eigenvalue weighted by molar-refractivity contribution is 6.00. The van der Waals surface area contributed by atoms with Crippen LogP contribution in [0.5, 0.6) is 0 Å². The summed E-state index contributed by atoms with van der Waals surface area (Å²) < 4.78 is 1.85. The molecule has 2 N–H and O–H groups in total. The van der Waals surface area contributed by atoms with Crippen LogP contribution in [0.25, 0.3) is 11.4 Å². The molecule has 3 aromatic rings. The van der Waals surface area contributed by atoms with E-state index in [4.69, 9.17) is 0 Å². The lowest BCUT2D eigenvalue weighted by Gasteiger charge is -2.32. The summed E-state index contributed by atoms with van der Waals surface area (Å²) >= 11 is 0. The van der Waals surface area contributed by atoms with Crippen LogP contribution < -0.4 is 0 Å². The first-order valence-electron chi connectivity index (χ1n) is 9.27. The van der Waals surface area contributed by atoms with E-state index in [1.807, 2.05) is 34.7 Å². The first kappa shape index (κ1) is 18.2. The summed E-state index contributed by atoms with van der Waals surface area (Å²) in [5.74, 6) is 2.28. The van der Waals surface area contributed by atoms with Gasteiger partial charge in [0.25, 0.3) is 5.91 Å². The molecule has 4 rings (SSSR count). The molecule has 0 radical (unpaired) electrons. The lowest BCUT2D eigenvalue weighted by atomic mass is 9.92. The van der Waals surface area contributed by atoms with Crippen molar-refractivity contribution in [1.29, 1.82) is 0 Å². The summed E-state index contributed by atoms with van der Waals surface area (Å²) in [5, 5.41) is 31.4. The molecule has 0 aliphatic carbocycles. The predicted octanol–water partition coefficient (Wildman–Crippen LogP) is 0.582. The number of likely N-dealkylation sites (tertiary alicyclic amines) is 1. The van der Waals surface area contributed by atoms with Crippen LogP contribution in [0.3, 0.4) is 0 Å². The van der Waals surface area contributed by atoms with E-state index in [0.717, 1.165) is 25.1 Å². The molecular weight excluding hydrogens is 360 g/mol. The Morgan fingerprint density at radius 1 is 1.18 bits per heavy atom. The molecule has 10 heteroatoms. The van der Waals surface area contributed by atoms with Crippen molar-refractivity contribution in [1.82, 2.24) is 40.3 Å². The van der Waals surface area contributed by atoms with Gasteiger partial charge in [-0.1, -0.05) is 18.2 Å². The Balaban J connectivity index is 1.42. The number of rotatable bonds is 5. The number of nitrogens with one attached hydrogen (secondary N) is 1. The van der Waals surface area contributed by atoms with E-state index >= 15 is 0 Å². The SMILES string of the molecule is Cn1c(CO)nnc1CC1CCN(C(=O)c2ccccc2-c2nn[nH]n2)CC1. The fraction of sp³-hybridized carbons (Fsp3) is 0.444. The molecule has 0 spiro atoms. The molecule has 3 heterocycles. The summed E-state index contributed by atoms with van der Waals surface area (Å²) in [6, 6.07) is 7.33. The van der Waals surface area contributed by atoms with Gasteiger partial charge in [0.05, 0.1) is 5.56 Å². The number of nitrogens with zero attached hydrogens (tertiary/aromatic N) is 7. The van der Waals surface area contributed by atoms with Gasteiger partial charge in [-0.15, -0.1) is 20.4 Å². The van der Waals surface area contributed by atoms with E-state index in [-0.39, 0.29) is 12.5 Å². The van der Waals surface area contributed by atoms with E-state index in [1.54, 1.807) is 6.07 Å². The Kier molecular flexibility index (Phi) is 5.11. The first-order valence-corrected chi connectivity index (χ1v) is 9.27. The Labute approximate surface area is 161 Å². The third-order valence-corrected chi connectivity index (χ3v) is 5.31. The highest BCUT2D eigenvalue weighted by atomic mass is 16.3. The number of benzene rings is 1. The number of amides is 1. The van der Waals surface area contributed by atoms with Gasteiger partial charge in [0, 0.05) is 32.1 Å². The molecule has 10 nitrogen and oxygen atoms in total. The van der Waals surface area contributed by atoms with Gasteiger partial charge in [-0.3, -0.25) is 4.79 Å². The second-order valence-electron chi connectivity index (χ2n) is 6.97. The van der Waals surface area contributed by atoms with Crippen molar-refractivity contribution in [3.8, 4) is 11.4 Å². The summed E-state index contributed by atoms with van der Waals surface area (Å²) in [5.41, 5.74) is 1.27. The Bertz CT molecular complexity index is 944. The predicted molar refractivity (Wildman–Crippen MR) is 98.9 cm³/mol. The number of H-pyrrole nitrogens is 1. The zero-order valence-corrected chi connectivity index (χ0v) is 15.6. The van der Waals surface area contributed by atoms with Gasteiger partial charge < -0.3 is 14.6 Å². The van der Waals surface area contributed by atoms with Crippen LogP contribution in [0, 0.1) is 5.92 Å². The van der Waals surface area contributed by atoms with E-state index in [2.05, 4.69) is 30.8 Å². The third-order valence-electron chi connectivity index (χ3n) is 5.31. The molecule has 28 heavy (non-hydrogen) atoms. The molecule has 1 aliphatic rings. The van der Waals surface area contributed by atoms with Crippen molar-refractivity contribution in [2.75, 3.05) is 13.1 Å². The van der Waals surface area contributed by atoms with E-state index in [1.165, 1.54) is 0 Å². The zero-order valence-electron chi connectivity index (χ0n) is 15.6. The van der Waals surface area contributed by atoms with Gasteiger partial charge in [0.15, 0.2) is 5.82 Å². The molecule has 0 atom stereocenters. The number of aromatic nitrogens is 7. The number of piperidine rings is 1. The van der Waals surface area contributed by atoms with Crippen molar-refractivity contribution < 1.29 is 9.90 Å². The van der Waals surface area contributed by atoms with Gasteiger partial charge in [-0.2, -0.15) is 5.21 Å². The van der Waals surface area contributed by atoms with E-state index in [9.17, 15) is 9.90 Å². The van der Waals surface area contributed by atoms with Crippen molar-refractivity contribution >= 4 is 5.91 Å². The number of carbonyl (C=O) groups excluding carboxylic acids is 1. The standard InChI is InChI=1S/C18H22N8O2/c1-25-15(19-20-16(25)11-27)10-12-6-8-26(9-7-12)18(28)14-5-3-2-4-13(14)17-21-23-24-22-17/h2-5,12,27H,6-11H2,1H3,(H,21,22,23,24). The Morgan fingerprint density at radius 2 is 1.93 bits per heavy atom. The average molecular weight is 382 g/mol. The smallest absolute Gasteiger partial charge is 0.254 e. The van der Waals surface area contributed by atoms with Gasteiger partial charge in [-0.25, -0.2) is 0 Å². The minimum absolute atomic E-state index is 0.0138. The number of aromatic amines is 1. The maximum atomic E-state index is 13.1. The largest absolute Gasteiger partial charge is 0.388 e. The molecule has 0 unspecified atom stereocenters. The average Bonchev–Trinajstić information content (AvgIpc) is 3.39. The van der Waals surface area contributed by atoms with Gasteiger partial charge >= 0.3 is 0 Å². The molecule has 0 saturated carbocycles. The normalized spacial score (nSPS) is 15.1. The quantitative estimate of drug-likeness (QED) is 0.661. The van der Waals surface area contributed by atoms with Gasteiger partial charge in [0.2, 0.25) is 5.82 Å². The lowest BCUT2D eigenvalue weighted by molar-refractivity contribution is 0.0690. The van der Waals surface area contributed by atoms with Crippen LogP contribution in [0.4, 0.5) is 0 Å². The molecule has 1 amide bonds. The maximum absolute atomic E-state index is 13.1. The number of aliphatic hydroxyl groups is 1. The highest BCUT2D eigenvalue weighted by Gasteiger charge is 2.27. The number of tetrazole rings is 1. The van der Waals surface area contributed by atoms with Crippen LogP contribution in [-0.4, -0.2) is 64.4 Å². The minimum Gasteiger partial charge on any atom is -0.388 e. The van der Waals surface area contributed by atoms with Crippen LogP contribution in [-0.2, 0) is 20.1 Å². The molecule has 1 aromatic carbocycles. The van der Waals surface area contributed by atoms with Crippen molar-refractivity contribution in [3.63, 3.8) is 0 Å². The molecule has 1 saturated heterocycles. The molecular formula is C18H22N8O2. The van der Waals surface area contributed by atoms with Crippen molar-refractivity contribution in [2.45, 2.75) is 25.9 Å². The molecule has 146 valence electrons. The number of aliphatic hydroxyl groups excluding tert-OH is 1. The highest BCUT2D eigenvalue weighted by Crippen LogP contribution is 2.25. The summed E-state index contributed by atoms with van der Waals surface area (Å²) in [6.07, 6.45) is 2.60. The number of carbonyl (C=O) groups is 1. The Morgan fingerprint density at radius 3 is 2.61 bits per heavy atom. The third kappa shape index (κ3) is 3.50. The molecule has 1 aliphatic heterocycles. The molecule has 0 bridgehead atoms.